The first kappa shape index (κ1) is 28.4. The van der Waals surface area contributed by atoms with Crippen LogP contribution in [0.3, 0.4) is 0 Å². The van der Waals surface area contributed by atoms with Crippen molar-refractivity contribution in [3.05, 3.63) is 210 Å². The van der Waals surface area contributed by atoms with Crippen LogP contribution in [0.5, 0.6) is 0 Å². The maximum Gasteiger partial charge on any atom is 0.162 e. The van der Waals surface area contributed by atoms with E-state index in [0.29, 0.717) is 5.82 Å². The molecular formula is C47H31N3. The Morgan fingerprint density at radius 2 is 0.900 bits per heavy atom. The quantitative estimate of drug-likeness (QED) is 0.188. The summed E-state index contributed by atoms with van der Waals surface area (Å²) < 4.78 is 2.27. The van der Waals surface area contributed by atoms with E-state index in [4.69, 9.17) is 9.97 Å². The molecule has 0 amide bonds. The summed E-state index contributed by atoms with van der Waals surface area (Å²) in [4.78, 5) is 10.5. The molecule has 0 bridgehead atoms. The second-order valence-corrected chi connectivity index (χ2v) is 13.0. The van der Waals surface area contributed by atoms with E-state index in [1.54, 1.807) is 0 Å². The molecule has 234 valence electrons. The molecule has 0 saturated carbocycles. The van der Waals surface area contributed by atoms with Gasteiger partial charge in [-0.1, -0.05) is 170 Å². The molecule has 1 aliphatic carbocycles. The predicted molar refractivity (Wildman–Crippen MR) is 205 cm³/mol. The second kappa shape index (κ2) is 11.3. The van der Waals surface area contributed by atoms with Crippen LogP contribution in [0.1, 0.15) is 22.3 Å². The summed E-state index contributed by atoms with van der Waals surface area (Å²) in [6.45, 7) is 0. The Balaban J connectivity index is 1.19. The van der Waals surface area contributed by atoms with Crippen molar-refractivity contribution in [1.82, 2.24) is 14.5 Å². The molecule has 0 radical (unpaired) electrons. The number of hydrogen-bond acceptors (Lipinski definition) is 2. The largest absolute Gasteiger partial charge is 0.294 e. The van der Waals surface area contributed by atoms with Crippen molar-refractivity contribution >= 4 is 21.8 Å². The van der Waals surface area contributed by atoms with Gasteiger partial charge in [-0.25, -0.2) is 9.97 Å². The second-order valence-electron chi connectivity index (χ2n) is 13.0. The van der Waals surface area contributed by atoms with Gasteiger partial charge in [0.1, 0.15) is 5.82 Å². The van der Waals surface area contributed by atoms with Gasteiger partial charge in [0.15, 0.2) is 5.82 Å². The number of nitrogens with zero attached hydrogens (tertiary/aromatic N) is 3. The first-order valence-corrected chi connectivity index (χ1v) is 17.1. The molecule has 9 aromatic rings. The zero-order chi connectivity index (χ0) is 33.1. The molecule has 3 nitrogen and oxygen atoms in total. The molecule has 2 aromatic heterocycles. The van der Waals surface area contributed by atoms with Gasteiger partial charge < -0.3 is 0 Å². The lowest BCUT2D eigenvalue weighted by atomic mass is 9.67. The van der Waals surface area contributed by atoms with Crippen molar-refractivity contribution in [2.24, 2.45) is 0 Å². The SMILES string of the molecule is c1ccc(-c2cc(-n3c4ccccc4c4ccccc43)nc(-c3ccc(C4(c5ccccc5)c5ccccc5-c5ccccc54)cc3)n2)cc1. The topological polar surface area (TPSA) is 30.7 Å². The van der Waals surface area contributed by atoms with Gasteiger partial charge in [0.25, 0.3) is 0 Å². The van der Waals surface area contributed by atoms with Gasteiger partial charge >= 0.3 is 0 Å². The molecule has 0 spiro atoms. The summed E-state index contributed by atoms with van der Waals surface area (Å²) >= 11 is 0. The first-order chi connectivity index (χ1) is 24.8. The van der Waals surface area contributed by atoms with Crippen molar-refractivity contribution in [3.63, 3.8) is 0 Å². The summed E-state index contributed by atoms with van der Waals surface area (Å²) in [5, 5.41) is 2.41. The Morgan fingerprint density at radius 1 is 0.400 bits per heavy atom. The fraction of sp³-hybridized carbons (Fsp3) is 0.0213. The maximum absolute atomic E-state index is 5.30. The van der Waals surface area contributed by atoms with Crippen LogP contribution < -0.4 is 0 Å². The van der Waals surface area contributed by atoms with Crippen LogP contribution in [-0.2, 0) is 5.41 Å². The van der Waals surface area contributed by atoms with Crippen LogP contribution in [0.2, 0.25) is 0 Å². The monoisotopic (exact) mass is 637 g/mol. The van der Waals surface area contributed by atoms with E-state index in [-0.39, 0.29) is 0 Å². The Labute approximate surface area is 290 Å². The van der Waals surface area contributed by atoms with E-state index in [2.05, 4.69) is 187 Å². The highest BCUT2D eigenvalue weighted by atomic mass is 15.1. The molecule has 0 unspecified atom stereocenters. The molecule has 0 N–H and O–H groups in total. The van der Waals surface area contributed by atoms with E-state index < -0.39 is 5.41 Å². The summed E-state index contributed by atoms with van der Waals surface area (Å²) in [6, 6.07) is 67.2. The predicted octanol–water partition coefficient (Wildman–Crippen LogP) is 11.3. The number of aromatic nitrogens is 3. The maximum atomic E-state index is 5.30. The van der Waals surface area contributed by atoms with Gasteiger partial charge in [0.05, 0.1) is 22.1 Å². The van der Waals surface area contributed by atoms with Gasteiger partial charge in [0.2, 0.25) is 0 Å². The fourth-order valence-electron chi connectivity index (χ4n) is 8.19. The molecule has 0 atom stereocenters. The molecule has 2 heterocycles. The van der Waals surface area contributed by atoms with E-state index >= 15 is 0 Å². The molecule has 7 aromatic carbocycles. The molecule has 0 aliphatic heterocycles. The Bertz CT molecular complexity index is 2590. The van der Waals surface area contributed by atoms with Crippen molar-refractivity contribution in [1.29, 1.82) is 0 Å². The summed E-state index contributed by atoms with van der Waals surface area (Å²) in [7, 11) is 0. The first-order valence-electron chi connectivity index (χ1n) is 17.1. The minimum Gasteiger partial charge on any atom is -0.294 e. The van der Waals surface area contributed by atoms with Crippen molar-refractivity contribution in [2.45, 2.75) is 5.41 Å². The number of rotatable bonds is 5. The molecular weight excluding hydrogens is 607 g/mol. The zero-order valence-corrected chi connectivity index (χ0v) is 27.2. The number of hydrogen-bond donors (Lipinski definition) is 0. The lowest BCUT2D eigenvalue weighted by Gasteiger charge is -2.34. The minimum atomic E-state index is -0.451. The Kier molecular flexibility index (Phi) is 6.40. The van der Waals surface area contributed by atoms with Gasteiger partial charge in [0, 0.05) is 28.0 Å². The van der Waals surface area contributed by atoms with Gasteiger partial charge in [-0.3, -0.25) is 4.57 Å². The average molecular weight is 638 g/mol. The lowest BCUT2D eigenvalue weighted by molar-refractivity contribution is 0.768. The molecule has 3 heteroatoms. The van der Waals surface area contributed by atoms with Crippen LogP contribution in [0, 0.1) is 0 Å². The molecule has 0 saturated heterocycles. The van der Waals surface area contributed by atoms with E-state index in [9.17, 15) is 0 Å². The lowest BCUT2D eigenvalue weighted by Crippen LogP contribution is -2.28. The third-order valence-electron chi connectivity index (χ3n) is 10.3. The van der Waals surface area contributed by atoms with Crippen molar-refractivity contribution < 1.29 is 0 Å². The van der Waals surface area contributed by atoms with E-state index in [1.165, 1.54) is 44.2 Å². The third-order valence-corrected chi connectivity index (χ3v) is 10.3. The molecule has 0 fully saturated rings. The fourth-order valence-corrected chi connectivity index (χ4v) is 8.19. The summed E-state index contributed by atoms with van der Waals surface area (Å²) in [5.74, 6) is 1.53. The van der Waals surface area contributed by atoms with Gasteiger partial charge in [-0.05, 0) is 45.5 Å². The number of para-hydroxylation sites is 2. The molecule has 1 aliphatic rings. The van der Waals surface area contributed by atoms with Crippen LogP contribution in [0.4, 0.5) is 0 Å². The highest BCUT2D eigenvalue weighted by Gasteiger charge is 2.45. The summed E-state index contributed by atoms with van der Waals surface area (Å²) in [5.41, 5.74) is 12.3. The van der Waals surface area contributed by atoms with Gasteiger partial charge in [-0.2, -0.15) is 0 Å². The summed E-state index contributed by atoms with van der Waals surface area (Å²) in [6.07, 6.45) is 0. The molecule has 10 rings (SSSR count). The number of benzene rings is 7. The average Bonchev–Trinajstić information content (AvgIpc) is 3.70. The third kappa shape index (κ3) is 4.17. The van der Waals surface area contributed by atoms with Crippen LogP contribution >= 0.6 is 0 Å². The normalized spacial score (nSPS) is 13.0. The van der Waals surface area contributed by atoms with Crippen LogP contribution in [0.25, 0.3) is 61.4 Å². The van der Waals surface area contributed by atoms with Crippen LogP contribution in [0.15, 0.2) is 188 Å². The van der Waals surface area contributed by atoms with Crippen LogP contribution in [-0.4, -0.2) is 14.5 Å². The minimum absolute atomic E-state index is 0.451. The smallest absolute Gasteiger partial charge is 0.162 e. The van der Waals surface area contributed by atoms with Crippen molar-refractivity contribution in [2.75, 3.05) is 0 Å². The highest BCUT2D eigenvalue weighted by molar-refractivity contribution is 6.09. The van der Waals surface area contributed by atoms with Gasteiger partial charge in [-0.15, -0.1) is 0 Å². The Morgan fingerprint density at radius 3 is 1.52 bits per heavy atom. The number of fused-ring (bicyclic) bond motifs is 6. The molecule has 50 heavy (non-hydrogen) atoms. The zero-order valence-electron chi connectivity index (χ0n) is 27.2. The standard InChI is InChI=1S/C47H31N3/c1-3-15-32(16-4-1)42-31-45(50-43-25-13-9-21-38(43)39-22-10-14-26-44(39)50)49-46(48-42)33-27-29-35(30-28-33)47(34-17-5-2-6-18-34)40-23-11-7-19-36(40)37-20-8-12-24-41(37)47/h1-31H. The van der Waals surface area contributed by atoms with Crippen molar-refractivity contribution in [3.8, 4) is 39.6 Å². The Hall–Kier alpha value is -6.58. The van der Waals surface area contributed by atoms with E-state index in [1.807, 2.05) is 6.07 Å². The highest BCUT2D eigenvalue weighted by Crippen LogP contribution is 2.56. The van der Waals surface area contributed by atoms with E-state index in [0.717, 1.165) is 33.7 Å².